The molecule has 0 unspecified atom stereocenters. The molecule has 0 saturated carbocycles. The zero-order valence-corrected chi connectivity index (χ0v) is 10.8. The molecule has 0 radical (unpaired) electrons. The van der Waals surface area contributed by atoms with E-state index < -0.39 is 11.2 Å². The molecule has 18 heavy (non-hydrogen) atoms. The number of alkyl halides is 1. The first kappa shape index (κ1) is 13.3. The van der Waals surface area contributed by atoms with Gasteiger partial charge >= 0.3 is 0 Å². The Morgan fingerprint density at radius 1 is 1.72 bits per heavy atom. The first-order valence-electron chi connectivity index (χ1n) is 5.74. The number of rotatable bonds is 3. The molecule has 1 aromatic rings. The van der Waals surface area contributed by atoms with E-state index in [-0.39, 0.29) is 18.2 Å². The Labute approximate surface area is 109 Å². The average Bonchev–Trinajstić information content (AvgIpc) is 2.36. The highest BCUT2D eigenvalue weighted by molar-refractivity contribution is 6.32. The van der Waals surface area contributed by atoms with Gasteiger partial charge in [-0.1, -0.05) is 11.6 Å². The fraction of sp³-hybridized carbons (Fsp3) is 0.636. The molecular formula is C11H15ClFN3O2. The van der Waals surface area contributed by atoms with Gasteiger partial charge in [-0.3, -0.25) is 4.79 Å². The van der Waals surface area contributed by atoms with Crippen molar-refractivity contribution >= 4 is 17.3 Å². The molecule has 1 N–H and O–H groups in total. The lowest BCUT2D eigenvalue weighted by atomic mass is 9.99. The summed E-state index contributed by atoms with van der Waals surface area (Å²) in [5.41, 5.74) is -1.47. The first-order chi connectivity index (χ1) is 8.52. The highest BCUT2D eigenvalue weighted by atomic mass is 35.5. The van der Waals surface area contributed by atoms with Crippen molar-refractivity contribution in [2.24, 2.45) is 7.05 Å². The number of ether oxygens (including phenoxy) is 1. The van der Waals surface area contributed by atoms with Gasteiger partial charge < -0.3 is 10.1 Å². The summed E-state index contributed by atoms with van der Waals surface area (Å²) in [5, 5.41) is 6.68. The zero-order chi connectivity index (χ0) is 13.2. The van der Waals surface area contributed by atoms with Crippen molar-refractivity contribution in [3.05, 3.63) is 21.6 Å². The number of aromatic nitrogens is 2. The van der Waals surface area contributed by atoms with Gasteiger partial charge in [0.25, 0.3) is 5.56 Å². The van der Waals surface area contributed by atoms with Gasteiger partial charge in [0.1, 0.15) is 5.02 Å². The van der Waals surface area contributed by atoms with Gasteiger partial charge in [-0.2, -0.15) is 5.10 Å². The van der Waals surface area contributed by atoms with E-state index in [9.17, 15) is 9.18 Å². The minimum Gasteiger partial charge on any atom is -0.379 e. The van der Waals surface area contributed by atoms with E-state index in [0.29, 0.717) is 25.1 Å². The molecule has 2 heterocycles. The Balaban J connectivity index is 2.06. The lowest BCUT2D eigenvalue weighted by molar-refractivity contribution is -0.0234. The summed E-state index contributed by atoms with van der Waals surface area (Å²) < 4.78 is 20.5. The van der Waals surface area contributed by atoms with Crippen molar-refractivity contribution in [1.82, 2.24) is 9.78 Å². The lowest BCUT2D eigenvalue weighted by Crippen LogP contribution is -2.40. The van der Waals surface area contributed by atoms with Crippen molar-refractivity contribution in [3.63, 3.8) is 0 Å². The Hall–Kier alpha value is -1.14. The van der Waals surface area contributed by atoms with Gasteiger partial charge in [0.2, 0.25) is 0 Å². The molecule has 5 nitrogen and oxygen atoms in total. The van der Waals surface area contributed by atoms with Crippen LogP contribution in [0.25, 0.3) is 0 Å². The van der Waals surface area contributed by atoms with Crippen molar-refractivity contribution < 1.29 is 9.13 Å². The molecule has 7 heteroatoms. The van der Waals surface area contributed by atoms with E-state index in [2.05, 4.69) is 10.4 Å². The molecule has 0 bridgehead atoms. The maximum atomic E-state index is 14.2. The number of nitrogens with one attached hydrogen (secondary N) is 1. The third kappa shape index (κ3) is 2.81. The molecule has 0 aromatic carbocycles. The number of hydrogen-bond donors (Lipinski definition) is 1. The summed E-state index contributed by atoms with van der Waals surface area (Å²) in [6.07, 6.45) is 2.55. The van der Waals surface area contributed by atoms with E-state index in [4.69, 9.17) is 16.3 Å². The molecule has 1 aromatic heterocycles. The Morgan fingerprint density at radius 3 is 3.17 bits per heavy atom. The number of nitrogens with zero attached hydrogens (tertiary/aromatic N) is 2. The molecule has 1 aliphatic rings. The Morgan fingerprint density at radius 2 is 2.50 bits per heavy atom. The first-order valence-corrected chi connectivity index (χ1v) is 6.12. The molecule has 1 aliphatic heterocycles. The highest BCUT2D eigenvalue weighted by Crippen LogP contribution is 2.25. The Kier molecular flexibility index (Phi) is 3.87. The molecule has 100 valence electrons. The second-order valence-electron chi connectivity index (χ2n) is 4.46. The van der Waals surface area contributed by atoms with E-state index >= 15 is 0 Å². The average molecular weight is 276 g/mol. The number of halogens is 2. The highest BCUT2D eigenvalue weighted by Gasteiger charge is 2.32. The third-order valence-corrected chi connectivity index (χ3v) is 3.31. The van der Waals surface area contributed by atoms with Crippen LogP contribution in [-0.2, 0) is 11.8 Å². The molecule has 0 spiro atoms. The van der Waals surface area contributed by atoms with Gasteiger partial charge in [-0.15, -0.1) is 0 Å². The quantitative estimate of drug-likeness (QED) is 0.905. The van der Waals surface area contributed by atoms with Crippen LogP contribution in [0.1, 0.15) is 12.8 Å². The van der Waals surface area contributed by atoms with Crippen LogP contribution in [0.2, 0.25) is 5.02 Å². The van der Waals surface area contributed by atoms with E-state index in [1.165, 1.54) is 13.2 Å². The van der Waals surface area contributed by atoms with Gasteiger partial charge in [-0.25, -0.2) is 9.07 Å². The zero-order valence-electron chi connectivity index (χ0n) is 10.1. The van der Waals surface area contributed by atoms with Crippen LogP contribution in [-0.4, -0.2) is 35.2 Å². The van der Waals surface area contributed by atoms with E-state index in [0.717, 1.165) is 4.68 Å². The molecule has 1 fully saturated rings. The maximum Gasteiger partial charge on any atom is 0.287 e. The summed E-state index contributed by atoms with van der Waals surface area (Å²) in [6.45, 7) is 0.720. The second-order valence-corrected chi connectivity index (χ2v) is 4.84. The topological polar surface area (TPSA) is 56.1 Å². The van der Waals surface area contributed by atoms with E-state index in [1.54, 1.807) is 0 Å². The summed E-state index contributed by atoms with van der Waals surface area (Å²) >= 11 is 5.87. The second kappa shape index (κ2) is 5.24. The SMILES string of the molecule is Cn1ncc(NC[C@]2(F)CCCOC2)c(Cl)c1=O. The van der Waals surface area contributed by atoms with Crippen LogP contribution in [0.5, 0.6) is 0 Å². The summed E-state index contributed by atoms with van der Waals surface area (Å²) in [7, 11) is 1.50. The van der Waals surface area contributed by atoms with Crippen molar-refractivity contribution in [1.29, 1.82) is 0 Å². The largest absolute Gasteiger partial charge is 0.379 e. The van der Waals surface area contributed by atoms with Crippen LogP contribution in [0.3, 0.4) is 0 Å². The van der Waals surface area contributed by atoms with Crippen LogP contribution in [0.4, 0.5) is 10.1 Å². The third-order valence-electron chi connectivity index (χ3n) is 2.95. The van der Waals surface area contributed by atoms with E-state index in [1.807, 2.05) is 0 Å². The van der Waals surface area contributed by atoms with Crippen molar-refractivity contribution in [2.45, 2.75) is 18.5 Å². The number of aryl methyl sites for hydroxylation is 1. The van der Waals surface area contributed by atoms with Gasteiger partial charge in [0, 0.05) is 13.7 Å². The molecule has 0 amide bonds. The number of anilines is 1. The number of hydrogen-bond acceptors (Lipinski definition) is 4. The Bertz CT molecular complexity index is 486. The standard InChI is InChI=1S/C11H15ClFN3O2/c1-16-10(17)9(12)8(5-15-16)14-6-11(13)3-2-4-18-7-11/h5,14H,2-4,6-7H2,1H3/t11-/m1/s1. The predicted octanol–water partition coefficient (Wildman–Crippen LogP) is 1.36. The fourth-order valence-electron chi connectivity index (χ4n) is 1.85. The monoisotopic (exact) mass is 275 g/mol. The molecule has 0 aliphatic carbocycles. The van der Waals surface area contributed by atoms with Crippen molar-refractivity contribution in [2.75, 3.05) is 25.1 Å². The lowest BCUT2D eigenvalue weighted by Gasteiger charge is -2.29. The van der Waals surface area contributed by atoms with Gasteiger partial charge in [0.05, 0.1) is 25.0 Å². The molecular weight excluding hydrogens is 261 g/mol. The minimum atomic E-state index is -1.41. The summed E-state index contributed by atoms with van der Waals surface area (Å²) in [4.78, 5) is 11.5. The van der Waals surface area contributed by atoms with Crippen molar-refractivity contribution in [3.8, 4) is 0 Å². The van der Waals surface area contributed by atoms with Crippen LogP contribution in [0, 0.1) is 0 Å². The molecule has 1 atom stereocenters. The van der Waals surface area contributed by atoms with Crippen LogP contribution < -0.4 is 10.9 Å². The van der Waals surface area contributed by atoms with Gasteiger partial charge in [0.15, 0.2) is 5.67 Å². The van der Waals surface area contributed by atoms with Gasteiger partial charge in [-0.05, 0) is 12.8 Å². The molecule has 1 saturated heterocycles. The maximum absolute atomic E-state index is 14.2. The normalized spacial score (nSPS) is 23.9. The molecule has 2 rings (SSSR count). The predicted molar refractivity (Wildman–Crippen MR) is 66.9 cm³/mol. The van der Waals surface area contributed by atoms with Crippen LogP contribution >= 0.6 is 11.6 Å². The summed E-state index contributed by atoms with van der Waals surface area (Å²) in [5.74, 6) is 0. The minimum absolute atomic E-state index is 0.0211. The van der Waals surface area contributed by atoms with Crippen LogP contribution in [0.15, 0.2) is 11.0 Å². The smallest absolute Gasteiger partial charge is 0.287 e. The fourth-order valence-corrected chi connectivity index (χ4v) is 2.08. The summed E-state index contributed by atoms with van der Waals surface area (Å²) in [6, 6.07) is 0.